The van der Waals surface area contributed by atoms with Gasteiger partial charge in [0, 0.05) is 34.1 Å². The van der Waals surface area contributed by atoms with Crippen LogP contribution in [0.15, 0.2) is 42.6 Å². The van der Waals surface area contributed by atoms with Crippen LogP contribution in [0.25, 0.3) is 10.9 Å². The maximum absolute atomic E-state index is 12.6. The fourth-order valence-electron chi connectivity index (χ4n) is 2.81. The summed E-state index contributed by atoms with van der Waals surface area (Å²) in [6.45, 7) is 1.94. The lowest BCUT2D eigenvalue weighted by Crippen LogP contribution is -2.02. The molecule has 23 heavy (non-hydrogen) atoms. The molecule has 0 unspecified atom stereocenters. The first-order valence-corrected chi connectivity index (χ1v) is 8.80. The lowest BCUT2D eigenvalue weighted by atomic mass is 9.99. The van der Waals surface area contributed by atoms with Crippen molar-refractivity contribution in [3.8, 4) is 0 Å². The second-order valence-corrected chi connectivity index (χ2v) is 6.71. The monoisotopic (exact) mass is 324 g/mol. The average Bonchev–Trinajstić information content (AvgIpc) is 3.07. The third-order valence-corrected chi connectivity index (χ3v) is 4.76. The van der Waals surface area contributed by atoms with Crippen molar-refractivity contribution in [1.29, 1.82) is 0 Å². The fourth-order valence-corrected chi connectivity index (χ4v) is 3.42. The number of aryl methyl sites for hydroxylation is 2. The minimum Gasteiger partial charge on any atom is -0.294 e. The third-order valence-electron chi connectivity index (χ3n) is 3.96. The zero-order valence-corrected chi connectivity index (χ0v) is 14.1. The quantitative estimate of drug-likeness (QED) is 0.454. The highest BCUT2D eigenvalue weighted by Crippen LogP contribution is 2.21. The van der Waals surface area contributed by atoms with E-state index in [0.717, 1.165) is 47.8 Å². The van der Waals surface area contributed by atoms with E-state index < -0.39 is 0 Å². The highest BCUT2D eigenvalue weighted by Gasteiger charge is 2.11. The van der Waals surface area contributed by atoms with Gasteiger partial charge >= 0.3 is 0 Å². The molecule has 118 valence electrons. The van der Waals surface area contributed by atoms with Crippen molar-refractivity contribution in [2.75, 3.05) is 0 Å². The average molecular weight is 324 g/mol. The van der Waals surface area contributed by atoms with Gasteiger partial charge in [-0.1, -0.05) is 24.6 Å². The van der Waals surface area contributed by atoms with Crippen molar-refractivity contribution in [2.24, 2.45) is 0 Å². The summed E-state index contributed by atoms with van der Waals surface area (Å²) in [6, 6.07) is 11.9. The number of carbonyl (C=O) groups excluding carboxylic acids is 1. The summed E-state index contributed by atoms with van der Waals surface area (Å²) in [5.74, 6) is 0.226. The van der Waals surface area contributed by atoms with E-state index in [4.69, 9.17) is 0 Å². The molecule has 3 rings (SSSR count). The minimum absolute atomic E-state index is 0.226. The van der Waals surface area contributed by atoms with E-state index in [1.165, 1.54) is 4.88 Å². The molecule has 0 amide bonds. The number of nitrogens with zero attached hydrogens (tertiary/aromatic N) is 2. The minimum atomic E-state index is 0.226. The van der Waals surface area contributed by atoms with Crippen LogP contribution >= 0.6 is 11.5 Å². The first-order chi connectivity index (χ1) is 11.2. The van der Waals surface area contributed by atoms with Gasteiger partial charge in [-0.3, -0.25) is 9.78 Å². The number of hydrogen-bond donors (Lipinski definition) is 0. The number of benzene rings is 1. The number of ketones is 1. The Morgan fingerprint density at radius 3 is 2.83 bits per heavy atom. The summed E-state index contributed by atoms with van der Waals surface area (Å²) < 4.78 is 4.11. The van der Waals surface area contributed by atoms with E-state index in [2.05, 4.69) is 15.4 Å². The summed E-state index contributed by atoms with van der Waals surface area (Å²) in [5, 5.41) is 0.966. The lowest BCUT2D eigenvalue weighted by Gasteiger charge is -2.07. The maximum atomic E-state index is 12.6. The van der Waals surface area contributed by atoms with Crippen molar-refractivity contribution in [3.05, 3.63) is 58.7 Å². The summed E-state index contributed by atoms with van der Waals surface area (Å²) in [5.41, 5.74) is 2.62. The topological polar surface area (TPSA) is 42.9 Å². The van der Waals surface area contributed by atoms with Crippen molar-refractivity contribution in [2.45, 2.75) is 39.0 Å². The normalized spacial score (nSPS) is 11.0. The van der Waals surface area contributed by atoms with Crippen LogP contribution < -0.4 is 0 Å². The molecule has 0 fully saturated rings. The van der Waals surface area contributed by atoms with Gasteiger partial charge in [0.05, 0.1) is 5.52 Å². The molecule has 0 aliphatic heterocycles. The van der Waals surface area contributed by atoms with Crippen molar-refractivity contribution in [1.82, 2.24) is 9.36 Å². The first-order valence-electron chi connectivity index (χ1n) is 8.03. The highest BCUT2D eigenvalue weighted by molar-refractivity contribution is 7.05. The van der Waals surface area contributed by atoms with Crippen molar-refractivity contribution in [3.63, 3.8) is 0 Å². The molecule has 0 saturated carbocycles. The summed E-state index contributed by atoms with van der Waals surface area (Å²) in [7, 11) is 0. The van der Waals surface area contributed by atoms with Crippen LogP contribution in [0.2, 0.25) is 0 Å². The van der Waals surface area contributed by atoms with Gasteiger partial charge in [0.25, 0.3) is 0 Å². The van der Waals surface area contributed by atoms with Crippen LogP contribution in [0.3, 0.4) is 0 Å². The van der Waals surface area contributed by atoms with Gasteiger partial charge in [0.15, 0.2) is 5.78 Å². The molecule has 3 nitrogen and oxygen atoms in total. The number of rotatable bonds is 7. The van der Waals surface area contributed by atoms with Crippen molar-refractivity contribution >= 4 is 28.2 Å². The number of pyridine rings is 1. The second kappa shape index (κ2) is 7.47. The zero-order valence-electron chi connectivity index (χ0n) is 13.3. The Hall–Kier alpha value is -2.07. The summed E-state index contributed by atoms with van der Waals surface area (Å²) >= 11 is 1.56. The van der Waals surface area contributed by atoms with Crippen LogP contribution in [0.1, 0.15) is 46.6 Å². The van der Waals surface area contributed by atoms with E-state index >= 15 is 0 Å². The Kier molecular flexibility index (Phi) is 5.13. The first kappa shape index (κ1) is 15.8. The Balaban J connectivity index is 1.58. The molecular weight excluding hydrogens is 304 g/mol. The van der Waals surface area contributed by atoms with Gasteiger partial charge in [-0.25, -0.2) is 4.37 Å². The predicted octanol–water partition coefficient (Wildman–Crippen LogP) is 4.99. The number of hydrogen-bond acceptors (Lipinski definition) is 4. The smallest absolute Gasteiger partial charge is 0.163 e. The van der Waals surface area contributed by atoms with Crippen LogP contribution in [-0.4, -0.2) is 15.1 Å². The fraction of sp³-hybridized carbons (Fsp3) is 0.316. The molecule has 3 aromatic rings. The number of aromatic nitrogens is 2. The SMILES string of the molecule is Cc1cc(C(=O)CCCCCc2ccns2)c2ccccc2n1. The van der Waals surface area contributed by atoms with Crippen LogP contribution in [0, 0.1) is 6.92 Å². The molecule has 0 bridgehead atoms. The lowest BCUT2D eigenvalue weighted by molar-refractivity contribution is 0.0980. The second-order valence-electron chi connectivity index (χ2n) is 5.79. The molecule has 0 radical (unpaired) electrons. The van der Waals surface area contributed by atoms with E-state index in [0.29, 0.717) is 6.42 Å². The predicted molar refractivity (Wildman–Crippen MR) is 95.1 cm³/mol. The molecule has 0 atom stereocenters. The van der Waals surface area contributed by atoms with Crippen LogP contribution in [0.5, 0.6) is 0 Å². The molecule has 2 heterocycles. The third kappa shape index (κ3) is 4.02. The Morgan fingerprint density at radius 1 is 1.13 bits per heavy atom. The van der Waals surface area contributed by atoms with Gasteiger partial charge in [0.2, 0.25) is 0 Å². The Morgan fingerprint density at radius 2 is 2.00 bits per heavy atom. The zero-order chi connectivity index (χ0) is 16.1. The van der Waals surface area contributed by atoms with Gasteiger partial charge in [-0.2, -0.15) is 0 Å². The molecule has 0 spiro atoms. The maximum Gasteiger partial charge on any atom is 0.163 e. The molecular formula is C19H20N2OS. The van der Waals surface area contributed by atoms with Crippen LogP contribution in [-0.2, 0) is 6.42 Å². The number of Topliss-reactive ketones (excluding diaryl/α,β-unsaturated/α-hetero) is 1. The Bertz CT molecular complexity index is 796. The van der Waals surface area contributed by atoms with Crippen molar-refractivity contribution < 1.29 is 4.79 Å². The Labute approximate surface area is 140 Å². The van der Waals surface area contributed by atoms with E-state index in [1.807, 2.05) is 43.5 Å². The standard InChI is InChI=1S/C19H20N2OS/c1-14-13-17(16-8-5-6-9-18(16)21-14)19(22)10-4-2-3-7-15-11-12-20-23-15/h5-6,8-9,11-13H,2-4,7,10H2,1H3. The number of unbranched alkanes of at least 4 members (excludes halogenated alkanes) is 2. The number of carbonyl (C=O) groups is 1. The molecule has 0 aliphatic carbocycles. The summed E-state index contributed by atoms with van der Waals surface area (Å²) in [4.78, 5) is 18.4. The number of para-hydroxylation sites is 1. The molecule has 1 aromatic carbocycles. The largest absolute Gasteiger partial charge is 0.294 e. The van der Waals surface area contributed by atoms with E-state index in [9.17, 15) is 4.79 Å². The van der Waals surface area contributed by atoms with E-state index in [1.54, 1.807) is 11.5 Å². The molecule has 2 aromatic heterocycles. The molecule has 0 saturated heterocycles. The van der Waals surface area contributed by atoms with E-state index in [-0.39, 0.29) is 5.78 Å². The highest BCUT2D eigenvalue weighted by atomic mass is 32.1. The van der Waals surface area contributed by atoms with Gasteiger partial charge in [-0.15, -0.1) is 0 Å². The number of fused-ring (bicyclic) bond motifs is 1. The molecule has 4 heteroatoms. The summed E-state index contributed by atoms with van der Waals surface area (Å²) in [6.07, 6.45) is 6.65. The van der Waals surface area contributed by atoms with Gasteiger partial charge in [0.1, 0.15) is 0 Å². The molecule has 0 N–H and O–H groups in total. The van der Waals surface area contributed by atoms with Gasteiger partial charge < -0.3 is 0 Å². The van der Waals surface area contributed by atoms with Gasteiger partial charge in [-0.05, 0) is 55.9 Å². The molecule has 0 aliphatic rings. The van der Waals surface area contributed by atoms with Crippen LogP contribution in [0.4, 0.5) is 0 Å².